The molecule has 0 saturated heterocycles. The Balaban J connectivity index is 3.10. The summed E-state index contributed by atoms with van der Waals surface area (Å²) >= 11 is 5.81. The standard InChI is InChI=1S/C10H13ClN2O/c1-3-13(10(12)14)9-5-4-8(11)6-7(9)2/h4-6H,3H2,1-2H3,(H2,12,14). The van der Waals surface area contributed by atoms with Crippen molar-refractivity contribution < 1.29 is 4.79 Å². The van der Waals surface area contributed by atoms with Crippen molar-refractivity contribution in [3.8, 4) is 0 Å². The lowest BCUT2D eigenvalue weighted by Gasteiger charge is -2.20. The van der Waals surface area contributed by atoms with Gasteiger partial charge in [-0.1, -0.05) is 11.6 Å². The highest BCUT2D eigenvalue weighted by Gasteiger charge is 2.11. The van der Waals surface area contributed by atoms with E-state index in [1.165, 1.54) is 4.90 Å². The van der Waals surface area contributed by atoms with Gasteiger partial charge in [-0.05, 0) is 37.6 Å². The topological polar surface area (TPSA) is 46.3 Å². The second-order valence-electron chi connectivity index (χ2n) is 3.01. The van der Waals surface area contributed by atoms with Crippen molar-refractivity contribution in [2.75, 3.05) is 11.4 Å². The quantitative estimate of drug-likeness (QED) is 0.805. The van der Waals surface area contributed by atoms with Crippen molar-refractivity contribution in [3.63, 3.8) is 0 Å². The molecule has 1 aromatic rings. The normalized spacial score (nSPS) is 9.93. The minimum atomic E-state index is -0.446. The minimum absolute atomic E-state index is 0.446. The number of aryl methyl sites for hydroxylation is 1. The summed E-state index contributed by atoms with van der Waals surface area (Å²) < 4.78 is 0. The smallest absolute Gasteiger partial charge is 0.319 e. The molecule has 76 valence electrons. The number of amides is 2. The van der Waals surface area contributed by atoms with Gasteiger partial charge < -0.3 is 5.73 Å². The Kier molecular flexibility index (Phi) is 3.36. The molecule has 0 fully saturated rings. The first-order valence-electron chi connectivity index (χ1n) is 4.39. The van der Waals surface area contributed by atoms with E-state index in [1.807, 2.05) is 19.9 Å². The summed E-state index contributed by atoms with van der Waals surface area (Å²) in [6.45, 7) is 4.32. The van der Waals surface area contributed by atoms with Gasteiger partial charge in [0.15, 0.2) is 0 Å². The Hall–Kier alpha value is -1.22. The van der Waals surface area contributed by atoms with Crippen LogP contribution in [0.1, 0.15) is 12.5 Å². The van der Waals surface area contributed by atoms with E-state index in [2.05, 4.69) is 0 Å². The molecule has 3 nitrogen and oxygen atoms in total. The molecule has 1 aromatic carbocycles. The van der Waals surface area contributed by atoms with Crippen LogP contribution in [0.15, 0.2) is 18.2 Å². The molecule has 0 radical (unpaired) electrons. The van der Waals surface area contributed by atoms with Gasteiger partial charge in [-0.15, -0.1) is 0 Å². The van der Waals surface area contributed by atoms with Crippen molar-refractivity contribution in [1.29, 1.82) is 0 Å². The van der Waals surface area contributed by atoms with E-state index in [0.29, 0.717) is 11.6 Å². The first kappa shape index (κ1) is 10.9. The largest absolute Gasteiger partial charge is 0.351 e. The van der Waals surface area contributed by atoms with E-state index in [0.717, 1.165) is 11.3 Å². The molecule has 0 heterocycles. The fourth-order valence-electron chi connectivity index (χ4n) is 1.37. The molecule has 2 N–H and O–H groups in total. The third-order valence-corrected chi connectivity index (χ3v) is 2.27. The number of primary amides is 1. The molecule has 0 atom stereocenters. The first-order chi connectivity index (χ1) is 6.56. The Morgan fingerprint density at radius 2 is 2.21 bits per heavy atom. The molecule has 0 aromatic heterocycles. The van der Waals surface area contributed by atoms with Gasteiger partial charge in [-0.3, -0.25) is 4.90 Å². The van der Waals surface area contributed by atoms with Gasteiger partial charge in [0.2, 0.25) is 0 Å². The summed E-state index contributed by atoms with van der Waals surface area (Å²) in [5.41, 5.74) is 6.99. The van der Waals surface area contributed by atoms with Crippen LogP contribution in [0.4, 0.5) is 10.5 Å². The average Bonchev–Trinajstić information content (AvgIpc) is 2.09. The Labute approximate surface area is 88.5 Å². The highest BCUT2D eigenvalue weighted by atomic mass is 35.5. The number of rotatable bonds is 2. The maximum Gasteiger partial charge on any atom is 0.319 e. The molecule has 2 amide bonds. The second kappa shape index (κ2) is 4.33. The summed E-state index contributed by atoms with van der Waals surface area (Å²) in [6, 6.07) is 4.90. The summed E-state index contributed by atoms with van der Waals surface area (Å²) in [7, 11) is 0. The summed E-state index contributed by atoms with van der Waals surface area (Å²) in [5.74, 6) is 0. The SMILES string of the molecule is CCN(C(N)=O)c1ccc(Cl)cc1C. The molecule has 0 aliphatic heterocycles. The number of carbonyl (C=O) groups is 1. The Morgan fingerprint density at radius 1 is 1.57 bits per heavy atom. The predicted molar refractivity (Wildman–Crippen MR) is 58.8 cm³/mol. The number of nitrogens with zero attached hydrogens (tertiary/aromatic N) is 1. The maximum atomic E-state index is 11.1. The van der Waals surface area contributed by atoms with Gasteiger partial charge in [0.25, 0.3) is 0 Å². The maximum absolute atomic E-state index is 11.1. The number of halogens is 1. The van der Waals surface area contributed by atoms with Crippen LogP contribution in [0, 0.1) is 6.92 Å². The summed E-state index contributed by atoms with van der Waals surface area (Å²) in [4.78, 5) is 12.6. The zero-order valence-corrected chi connectivity index (χ0v) is 9.01. The van der Waals surface area contributed by atoms with Crippen LogP contribution in [-0.4, -0.2) is 12.6 Å². The first-order valence-corrected chi connectivity index (χ1v) is 4.77. The van der Waals surface area contributed by atoms with Gasteiger partial charge in [-0.25, -0.2) is 4.79 Å². The lowest BCUT2D eigenvalue weighted by molar-refractivity contribution is 0.254. The van der Waals surface area contributed by atoms with Crippen LogP contribution in [0.2, 0.25) is 5.02 Å². The summed E-state index contributed by atoms with van der Waals surface area (Å²) in [5, 5.41) is 0.659. The molecule has 0 saturated carbocycles. The number of hydrogen-bond acceptors (Lipinski definition) is 1. The Bertz CT molecular complexity index is 352. The van der Waals surface area contributed by atoms with Gasteiger partial charge in [-0.2, -0.15) is 0 Å². The summed E-state index contributed by atoms with van der Waals surface area (Å²) in [6.07, 6.45) is 0. The molecular weight excluding hydrogens is 200 g/mol. The number of benzene rings is 1. The molecule has 0 aliphatic carbocycles. The van der Waals surface area contributed by atoms with Crippen LogP contribution in [0.3, 0.4) is 0 Å². The lowest BCUT2D eigenvalue weighted by atomic mass is 10.2. The molecule has 0 aliphatic rings. The molecule has 4 heteroatoms. The van der Waals surface area contributed by atoms with E-state index in [9.17, 15) is 4.79 Å². The van der Waals surface area contributed by atoms with E-state index >= 15 is 0 Å². The number of hydrogen-bond donors (Lipinski definition) is 1. The fraction of sp³-hybridized carbons (Fsp3) is 0.300. The van der Waals surface area contributed by atoms with Crippen LogP contribution in [-0.2, 0) is 0 Å². The van der Waals surface area contributed by atoms with Crippen molar-refractivity contribution in [2.45, 2.75) is 13.8 Å². The average molecular weight is 213 g/mol. The van der Waals surface area contributed by atoms with Gasteiger partial charge in [0.05, 0.1) is 0 Å². The van der Waals surface area contributed by atoms with Crippen LogP contribution >= 0.6 is 11.6 Å². The third kappa shape index (κ3) is 2.17. The molecule has 0 spiro atoms. The monoisotopic (exact) mass is 212 g/mol. The number of urea groups is 1. The van der Waals surface area contributed by atoms with Crippen molar-refractivity contribution in [1.82, 2.24) is 0 Å². The van der Waals surface area contributed by atoms with Crippen LogP contribution in [0.25, 0.3) is 0 Å². The second-order valence-corrected chi connectivity index (χ2v) is 3.45. The predicted octanol–water partition coefficient (Wildman–Crippen LogP) is 2.55. The number of anilines is 1. The number of nitrogens with two attached hydrogens (primary N) is 1. The van der Waals surface area contributed by atoms with Crippen LogP contribution in [0.5, 0.6) is 0 Å². The van der Waals surface area contributed by atoms with E-state index in [-0.39, 0.29) is 0 Å². The van der Waals surface area contributed by atoms with E-state index < -0.39 is 6.03 Å². The molecular formula is C10H13ClN2O. The van der Waals surface area contributed by atoms with E-state index in [4.69, 9.17) is 17.3 Å². The fourth-order valence-corrected chi connectivity index (χ4v) is 1.59. The van der Waals surface area contributed by atoms with Crippen LogP contribution < -0.4 is 10.6 Å². The minimum Gasteiger partial charge on any atom is -0.351 e. The Morgan fingerprint density at radius 3 is 2.64 bits per heavy atom. The zero-order valence-electron chi connectivity index (χ0n) is 8.25. The highest BCUT2D eigenvalue weighted by molar-refractivity contribution is 6.30. The lowest BCUT2D eigenvalue weighted by Crippen LogP contribution is -2.35. The molecule has 0 unspecified atom stereocenters. The van der Waals surface area contributed by atoms with Crippen molar-refractivity contribution in [3.05, 3.63) is 28.8 Å². The number of carbonyl (C=O) groups excluding carboxylic acids is 1. The van der Waals surface area contributed by atoms with Crippen molar-refractivity contribution in [2.24, 2.45) is 5.73 Å². The van der Waals surface area contributed by atoms with Gasteiger partial charge >= 0.3 is 6.03 Å². The van der Waals surface area contributed by atoms with Crippen molar-refractivity contribution >= 4 is 23.3 Å². The van der Waals surface area contributed by atoms with Gasteiger partial charge in [0.1, 0.15) is 0 Å². The highest BCUT2D eigenvalue weighted by Crippen LogP contribution is 2.23. The van der Waals surface area contributed by atoms with E-state index in [1.54, 1.807) is 12.1 Å². The molecule has 14 heavy (non-hydrogen) atoms. The van der Waals surface area contributed by atoms with Gasteiger partial charge in [0, 0.05) is 17.3 Å². The molecule has 1 rings (SSSR count). The third-order valence-electron chi connectivity index (χ3n) is 2.03. The zero-order chi connectivity index (χ0) is 10.7. The molecule has 0 bridgehead atoms.